The van der Waals surface area contributed by atoms with Crippen LogP contribution < -0.4 is 0 Å². The van der Waals surface area contributed by atoms with E-state index in [1.807, 2.05) is 30.3 Å². The summed E-state index contributed by atoms with van der Waals surface area (Å²) in [5.41, 5.74) is 3.28. The van der Waals surface area contributed by atoms with Crippen LogP contribution in [0.25, 0.3) is 16.0 Å². The molecule has 2 heteroatoms. The molecule has 0 aliphatic carbocycles. The maximum Gasteiger partial charge on any atom is 0.187 e. The van der Waals surface area contributed by atoms with E-state index in [2.05, 4.69) is 4.85 Å². The van der Waals surface area contributed by atoms with E-state index in [1.54, 1.807) is 18.2 Å². The zero-order chi connectivity index (χ0) is 11.4. The van der Waals surface area contributed by atoms with Crippen molar-refractivity contribution in [1.29, 1.82) is 0 Å². The third-order valence-corrected chi connectivity index (χ3v) is 2.36. The minimum absolute atomic E-state index is 0.622. The highest BCUT2D eigenvalue weighted by Crippen LogP contribution is 2.24. The highest BCUT2D eigenvalue weighted by atomic mass is 16.1. The summed E-state index contributed by atoms with van der Waals surface area (Å²) in [5.74, 6) is 0. The fourth-order valence-corrected chi connectivity index (χ4v) is 1.51. The Morgan fingerprint density at radius 3 is 2.38 bits per heavy atom. The smallest absolute Gasteiger partial charge is 0.187 e. The highest BCUT2D eigenvalue weighted by Gasteiger charge is 1.98. The summed E-state index contributed by atoms with van der Waals surface area (Å²) in [5, 5.41) is 0. The summed E-state index contributed by atoms with van der Waals surface area (Å²) in [4.78, 5) is 13.9. The molecular formula is C14H9NO. The van der Waals surface area contributed by atoms with Gasteiger partial charge < -0.3 is 0 Å². The van der Waals surface area contributed by atoms with Gasteiger partial charge in [-0.25, -0.2) is 4.85 Å². The molecular weight excluding hydrogens is 198 g/mol. The molecule has 0 radical (unpaired) electrons. The van der Waals surface area contributed by atoms with Crippen LogP contribution in [0.3, 0.4) is 0 Å². The van der Waals surface area contributed by atoms with Gasteiger partial charge in [-0.15, -0.1) is 0 Å². The van der Waals surface area contributed by atoms with Gasteiger partial charge in [0.25, 0.3) is 0 Å². The first-order valence-corrected chi connectivity index (χ1v) is 4.86. The molecule has 0 amide bonds. The first-order chi connectivity index (χ1) is 7.83. The molecule has 0 saturated heterocycles. The fourth-order valence-electron chi connectivity index (χ4n) is 1.51. The van der Waals surface area contributed by atoms with E-state index in [1.165, 1.54) is 0 Å². The van der Waals surface area contributed by atoms with Crippen LogP contribution in [0, 0.1) is 6.57 Å². The molecule has 0 aromatic heterocycles. The van der Waals surface area contributed by atoms with Crippen LogP contribution in [0.5, 0.6) is 0 Å². The van der Waals surface area contributed by atoms with Gasteiger partial charge in [-0.1, -0.05) is 42.5 Å². The van der Waals surface area contributed by atoms with Gasteiger partial charge in [0.15, 0.2) is 5.69 Å². The number of hydrogen-bond acceptors (Lipinski definition) is 1. The Balaban J connectivity index is 2.42. The van der Waals surface area contributed by atoms with Crippen molar-refractivity contribution >= 4 is 12.0 Å². The van der Waals surface area contributed by atoms with Gasteiger partial charge in [-0.2, -0.15) is 0 Å². The molecule has 0 unspecified atom stereocenters. The topological polar surface area (TPSA) is 21.4 Å². The van der Waals surface area contributed by atoms with Gasteiger partial charge in [-0.3, -0.25) is 4.79 Å². The minimum Gasteiger partial charge on any atom is -0.298 e. The van der Waals surface area contributed by atoms with Crippen molar-refractivity contribution in [3.8, 4) is 11.1 Å². The summed E-state index contributed by atoms with van der Waals surface area (Å²) < 4.78 is 0. The Morgan fingerprint density at radius 1 is 1.00 bits per heavy atom. The molecule has 0 heterocycles. The van der Waals surface area contributed by atoms with E-state index < -0.39 is 0 Å². The number of hydrogen-bond donors (Lipinski definition) is 0. The standard InChI is InChI=1S/C14H9NO/c1-15-14-4-2-3-13(9-14)12-7-5-11(10-16)6-8-12/h2-10H. The Labute approximate surface area is 94.0 Å². The molecule has 0 aliphatic rings. The van der Waals surface area contributed by atoms with E-state index >= 15 is 0 Å². The van der Waals surface area contributed by atoms with Crippen LogP contribution in [-0.4, -0.2) is 6.29 Å². The molecule has 0 atom stereocenters. The van der Waals surface area contributed by atoms with Crippen LogP contribution >= 0.6 is 0 Å². The largest absolute Gasteiger partial charge is 0.298 e. The molecule has 0 saturated carbocycles. The van der Waals surface area contributed by atoms with Crippen LogP contribution in [0.15, 0.2) is 48.5 Å². The molecule has 2 aromatic rings. The third-order valence-electron chi connectivity index (χ3n) is 2.36. The van der Waals surface area contributed by atoms with Crippen molar-refractivity contribution in [1.82, 2.24) is 0 Å². The third kappa shape index (κ3) is 1.99. The highest BCUT2D eigenvalue weighted by molar-refractivity contribution is 5.77. The average Bonchev–Trinajstić information content (AvgIpc) is 2.39. The molecule has 0 N–H and O–H groups in total. The van der Waals surface area contributed by atoms with Gasteiger partial charge in [-0.05, 0) is 17.2 Å². The lowest BCUT2D eigenvalue weighted by Crippen LogP contribution is -1.80. The van der Waals surface area contributed by atoms with Crippen molar-refractivity contribution in [2.75, 3.05) is 0 Å². The van der Waals surface area contributed by atoms with Crippen LogP contribution in [0.4, 0.5) is 5.69 Å². The Morgan fingerprint density at radius 2 is 1.75 bits per heavy atom. The van der Waals surface area contributed by atoms with Crippen LogP contribution in [-0.2, 0) is 0 Å². The van der Waals surface area contributed by atoms with Gasteiger partial charge in [0.05, 0.1) is 6.57 Å². The van der Waals surface area contributed by atoms with Gasteiger partial charge in [0.2, 0.25) is 0 Å². The van der Waals surface area contributed by atoms with Crippen molar-refractivity contribution in [3.05, 3.63) is 65.5 Å². The van der Waals surface area contributed by atoms with Crippen molar-refractivity contribution in [2.45, 2.75) is 0 Å². The molecule has 0 fully saturated rings. The summed E-state index contributed by atoms with van der Waals surface area (Å²) in [7, 11) is 0. The molecule has 2 nitrogen and oxygen atoms in total. The molecule has 16 heavy (non-hydrogen) atoms. The van der Waals surface area contributed by atoms with E-state index in [9.17, 15) is 4.79 Å². The monoisotopic (exact) mass is 207 g/mol. The lowest BCUT2D eigenvalue weighted by Gasteiger charge is -2.02. The average molecular weight is 207 g/mol. The quantitative estimate of drug-likeness (QED) is 0.543. The number of benzene rings is 2. The Hall–Kier alpha value is -2.40. The van der Waals surface area contributed by atoms with E-state index in [4.69, 9.17) is 6.57 Å². The summed E-state index contributed by atoms with van der Waals surface area (Å²) in [6.07, 6.45) is 0.819. The maximum absolute atomic E-state index is 10.5. The van der Waals surface area contributed by atoms with Crippen LogP contribution in [0.1, 0.15) is 10.4 Å². The fraction of sp³-hybridized carbons (Fsp3) is 0. The van der Waals surface area contributed by atoms with Gasteiger partial charge in [0.1, 0.15) is 6.29 Å². The molecule has 0 bridgehead atoms. The van der Waals surface area contributed by atoms with Crippen molar-refractivity contribution in [2.24, 2.45) is 0 Å². The molecule has 2 aromatic carbocycles. The molecule has 2 rings (SSSR count). The first kappa shape index (κ1) is 10.1. The van der Waals surface area contributed by atoms with Crippen LogP contribution in [0.2, 0.25) is 0 Å². The predicted molar refractivity (Wildman–Crippen MR) is 63.5 cm³/mol. The zero-order valence-corrected chi connectivity index (χ0v) is 8.55. The summed E-state index contributed by atoms with van der Waals surface area (Å²) in [6.45, 7) is 6.95. The molecule has 0 spiro atoms. The summed E-state index contributed by atoms with van der Waals surface area (Å²) in [6, 6.07) is 14.7. The van der Waals surface area contributed by atoms with E-state index in [-0.39, 0.29) is 0 Å². The Kier molecular flexibility index (Phi) is 2.79. The van der Waals surface area contributed by atoms with Gasteiger partial charge >= 0.3 is 0 Å². The Bertz CT molecular complexity index is 550. The lowest BCUT2D eigenvalue weighted by atomic mass is 10.0. The number of carbonyl (C=O) groups is 1. The lowest BCUT2D eigenvalue weighted by molar-refractivity contribution is 0.112. The predicted octanol–water partition coefficient (Wildman–Crippen LogP) is 3.72. The molecule has 0 aliphatic heterocycles. The number of aldehydes is 1. The second-order valence-corrected chi connectivity index (χ2v) is 3.40. The number of nitrogens with zero attached hydrogens (tertiary/aromatic N) is 1. The molecule has 76 valence electrons. The van der Waals surface area contributed by atoms with Gasteiger partial charge in [0, 0.05) is 5.56 Å². The first-order valence-electron chi connectivity index (χ1n) is 4.86. The zero-order valence-electron chi connectivity index (χ0n) is 8.55. The maximum atomic E-state index is 10.5. The number of rotatable bonds is 2. The van der Waals surface area contributed by atoms with Crippen molar-refractivity contribution < 1.29 is 4.79 Å². The SMILES string of the molecule is [C-]#[N+]c1cccc(-c2ccc(C=O)cc2)c1. The second kappa shape index (κ2) is 4.41. The number of carbonyl (C=O) groups excluding carboxylic acids is 1. The summed E-state index contributed by atoms with van der Waals surface area (Å²) >= 11 is 0. The van der Waals surface area contributed by atoms with E-state index in [0.29, 0.717) is 11.3 Å². The van der Waals surface area contributed by atoms with E-state index in [0.717, 1.165) is 17.4 Å². The van der Waals surface area contributed by atoms with Crippen molar-refractivity contribution in [3.63, 3.8) is 0 Å². The normalized spacial score (nSPS) is 9.44. The second-order valence-electron chi connectivity index (χ2n) is 3.40. The minimum atomic E-state index is 0.622.